The SMILES string of the molecule is CCC[CH2][Ge]([CH2]CCC)[CH2]CCC.CCC[CH2][Ge]([CH2]CCC)[CH2]CCC. The van der Waals surface area contributed by atoms with Crippen molar-refractivity contribution in [1.82, 2.24) is 0 Å². The van der Waals surface area contributed by atoms with Crippen molar-refractivity contribution in [2.45, 2.75) is 150 Å². The van der Waals surface area contributed by atoms with E-state index in [1.54, 1.807) is 31.5 Å². The first-order valence-corrected chi connectivity index (χ1v) is 21.3. The van der Waals surface area contributed by atoms with Gasteiger partial charge in [0.05, 0.1) is 0 Å². The molecule has 2 heteroatoms. The molecule has 0 rings (SSSR count). The quantitative estimate of drug-likeness (QED) is 0.169. The molecule has 0 saturated carbocycles. The molecule has 0 fully saturated rings. The Balaban J connectivity index is 0. The first kappa shape index (κ1) is 29.3. The Hall–Kier alpha value is 1.09. The van der Waals surface area contributed by atoms with Crippen LogP contribution in [0.25, 0.3) is 0 Å². The Kier molecular flexibility index (Phi) is 29.4. The predicted octanol–water partition coefficient (Wildman–Crippen LogP) is 9.76. The van der Waals surface area contributed by atoms with Crippen LogP contribution in [-0.2, 0) is 0 Å². The topological polar surface area (TPSA) is 0 Å². The van der Waals surface area contributed by atoms with Crippen LogP contribution in [0.2, 0.25) is 31.5 Å². The summed E-state index contributed by atoms with van der Waals surface area (Å²) in [5.41, 5.74) is 0. The molecule has 0 heterocycles. The van der Waals surface area contributed by atoms with Crippen molar-refractivity contribution in [3.63, 3.8) is 0 Å². The van der Waals surface area contributed by atoms with E-state index in [1.165, 1.54) is 77.0 Å². The van der Waals surface area contributed by atoms with Gasteiger partial charge in [0.2, 0.25) is 0 Å². The number of unbranched alkanes of at least 4 members (excludes halogenated alkanes) is 6. The van der Waals surface area contributed by atoms with E-state index in [2.05, 4.69) is 41.5 Å². The fraction of sp³-hybridized carbons (Fsp3) is 1.00. The zero-order chi connectivity index (χ0) is 19.9. The Morgan fingerprint density at radius 1 is 0.308 bits per heavy atom. The maximum absolute atomic E-state index is 2.33. The molecule has 0 aliphatic rings. The molecule has 0 atom stereocenters. The van der Waals surface area contributed by atoms with E-state index in [1.807, 2.05) is 0 Å². The average molecular weight is 488 g/mol. The van der Waals surface area contributed by atoms with Crippen molar-refractivity contribution in [3.05, 3.63) is 0 Å². The molecule has 0 nitrogen and oxygen atoms in total. The average Bonchev–Trinajstić information content (AvgIpc) is 2.67. The van der Waals surface area contributed by atoms with Crippen LogP contribution in [0.4, 0.5) is 0 Å². The molecule has 0 unspecified atom stereocenters. The maximum atomic E-state index is 2.33. The third-order valence-electron chi connectivity index (χ3n) is 5.30. The summed E-state index contributed by atoms with van der Waals surface area (Å²) in [7, 11) is 0. The van der Waals surface area contributed by atoms with Gasteiger partial charge in [0.1, 0.15) is 0 Å². The molecular weight excluding hydrogens is 433 g/mol. The zero-order valence-electron chi connectivity index (χ0n) is 19.7. The zero-order valence-corrected chi connectivity index (χ0v) is 23.9. The molecule has 0 saturated heterocycles. The van der Waals surface area contributed by atoms with E-state index < -0.39 is 28.7 Å². The molecule has 0 amide bonds. The van der Waals surface area contributed by atoms with E-state index in [0.717, 1.165) is 0 Å². The third kappa shape index (κ3) is 23.1. The molecule has 0 aliphatic carbocycles. The number of rotatable bonds is 18. The second-order valence-corrected chi connectivity index (χ2v) is 20.7. The summed E-state index contributed by atoms with van der Waals surface area (Å²) < 4.78 is 0. The molecule has 0 aliphatic heterocycles. The molecule has 0 aromatic rings. The van der Waals surface area contributed by atoms with Gasteiger partial charge in [0.25, 0.3) is 0 Å². The van der Waals surface area contributed by atoms with Gasteiger partial charge in [-0.25, -0.2) is 0 Å². The van der Waals surface area contributed by atoms with Gasteiger partial charge < -0.3 is 0 Å². The molecule has 0 aromatic heterocycles. The van der Waals surface area contributed by atoms with Crippen molar-refractivity contribution in [2.75, 3.05) is 0 Å². The van der Waals surface area contributed by atoms with Crippen LogP contribution < -0.4 is 0 Å². The first-order valence-electron chi connectivity index (χ1n) is 12.4. The van der Waals surface area contributed by atoms with Crippen molar-refractivity contribution in [1.29, 1.82) is 0 Å². The predicted molar refractivity (Wildman–Crippen MR) is 130 cm³/mol. The van der Waals surface area contributed by atoms with Gasteiger partial charge in [-0.2, -0.15) is 0 Å². The molecule has 158 valence electrons. The van der Waals surface area contributed by atoms with E-state index in [0.29, 0.717) is 0 Å². The number of hydrogen-bond acceptors (Lipinski definition) is 0. The van der Waals surface area contributed by atoms with Crippen molar-refractivity contribution >= 4 is 28.7 Å². The molecule has 0 N–H and O–H groups in total. The Bertz CT molecular complexity index is 168. The van der Waals surface area contributed by atoms with E-state index in [4.69, 9.17) is 0 Å². The van der Waals surface area contributed by atoms with Gasteiger partial charge in [0.15, 0.2) is 0 Å². The fourth-order valence-electron chi connectivity index (χ4n) is 3.31. The summed E-state index contributed by atoms with van der Waals surface area (Å²) in [6.45, 7) is 14.0. The van der Waals surface area contributed by atoms with Crippen molar-refractivity contribution < 1.29 is 0 Å². The Morgan fingerprint density at radius 2 is 0.462 bits per heavy atom. The third-order valence-corrected chi connectivity index (χ3v) is 18.7. The monoisotopic (exact) mass is 490 g/mol. The summed E-state index contributed by atoms with van der Waals surface area (Å²) >= 11 is -1.10. The van der Waals surface area contributed by atoms with Gasteiger partial charge in [-0.3, -0.25) is 0 Å². The summed E-state index contributed by atoms with van der Waals surface area (Å²) in [5.74, 6) is 0. The van der Waals surface area contributed by atoms with Crippen LogP contribution in [0.1, 0.15) is 119 Å². The summed E-state index contributed by atoms with van der Waals surface area (Å²) in [4.78, 5) is 0. The van der Waals surface area contributed by atoms with Crippen LogP contribution >= 0.6 is 0 Å². The van der Waals surface area contributed by atoms with Gasteiger partial charge in [-0.1, -0.05) is 0 Å². The van der Waals surface area contributed by atoms with E-state index in [-0.39, 0.29) is 0 Å². The summed E-state index contributed by atoms with van der Waals surface area (Å²) in [6, 6.07) is 0. The minimum atomic E-state index is -0.552. The van der Waals surface area contributed by atoms with Crippen LogP contribution in [-0.4, -0.2) is 28.7 Å². The normalized spacial score (nSPS) is 11.1. The standard InChI is InChI=1S/2C12H27Ge/c2*1-4-7-10-13(11-8-5-2)12-9-6-3/h2*4-12H2,1-3H3. The fourth-order valence-corrected chi connectivity index (χ4v) is 17.2. The van der Waals surface area contributed by atoms with Gasteiger partial charge in [-0.05, 0) is 0 Å². The van der Waals surface area contributed by atoms with Crippen molar-refractivity contribution in [2.24, 2.45) is 0 Å². The summed E-state index contributed by atoms with van der Waals surface area (Å²) in [5, 5.41) is 9.90. The van der Waals surface area contributed by atoms with Gasteiger partial charge >= 0.3 is 179 Å². The van der Waals surface area contributed by atoms with Crippen LogP contribution in [0.15, 0.2) is 0 Å². The first-order chi connectivity index (χ1) is 12.7. The van der Waals surface area contributed by atoms with Crippen molar-refractivity contribution in [3.8, 4) is 0 Å². The molecule has 0 aromatic carbocycles. The molecule has 26 heavy (non-hydrogen) atoms. The molecule has 2 radical (unpaired) electrons. The molecule has 0 bridgehead atoms. The van der Waals surface area contributed by atoms with Gasteiger partial charge in [0, 0.05) is 0 Å². The van der Waals surface area contributed by atoms with Gasteiger partial charge in [-0.15, -0.1) is 0 Å². The minimum absolute atomic E-state index is 0.552. The van der Waals surface area contributed by atoms with Crippen LogP contribution in [0.5, 0.6) is 0 Å². The van der Waals surface area contributed by atoms with E-state index in [9.17, 15) is 0 Å². The second-order valence-electron chi connectivity index (χ2n) is 8.12. The number of hydrogen-bond donors (Lipinski definition) is 0. The Morgan fingerprint density at radius 3 is 0.577 bits per heavy atom. The van der Waals surface area contributed by atoms with Crippen LogP contribution in [0.3, 0.4) is 0 Å². The molecule has 0 spiro atoms. The van der Waals surface area contributed by atoms with Crippen LogP contribution in [0, 0.1) is 0 Å². The summed E-state index contributed by atoms with van der Waals surface area (Å²) in [6.07, 6.45) is 17.6. The Labute approximate surface area is 178 Å². The molecular formula is C24H54Ge2. The second kappa shape index (κ2) is 26.1. The van der Waals surface area contributed by atoms with E-state index >= 15 is 0 Å².